The summed E-state index contributed by atoms with van der Waals surface area (Å²) in [5, 5.41) is 8.17. The van der Waals surface area contributed by atoms with Gasteiger partial charge in [-0.25, -0.2) is 4.98 Å². The fourth-order valence-corrected chi connectivity index (χ4v) is 3.74. The van der Waals surface area contributed by atoms with E-state index in [1.54, 1.807) is 4.68 Å². The van der Waals surface area contributed by atoms with Gasteiger partial charge in [-0.05, 0) is 25.3 Å². The Kier molecular flexibility index (Phi) is 5.29. The van der Waals surface area contributed by atoms with E-state index < -0.39 is 0 Å². The summed E-state index contributed by atoms with van der Waals surface area (Å²) in [6, 6.07) is 2.04. The number of aryl methyl sites for hydroxylation is 1. The predicted octanol–water partition coefficient (Wildman–Crippen LogP) is 0.960. The van der Waals surface area contributed by atoms with Gasteiger partial charge in [-0.15, -0.1) is 5.10 Å². The lowest BCUT2D eigenvalue weighted by molar-refractivity contribution is 0.259. The molecule has 26 heavy (non-hydrogen) atoms. The number of hydrogen-bond donors (Lipinski definition) is 0. The van der Waals surface area contributed by atoms with Gasteiger partial charge in [-0.3, -0.25) is 9.58 Å². The summed E-state index contributed by atoms with van der Waals surface area (Å²) in [6.45, 7) is 7.34. The highest BCUT2D eigenvalue weighted by atomic mass is 15.4. The zero-order chi connectivity index (χ0) is 17.8. The summed E-state index contributed by atoms with van der Waals surface area (Å²) in [5.74, 6) is 1.96. The van der Waals surface area contributed by atoms with E-state index in [1.165, 1.54) is 19.3 Å². The largest absolute Gasteiger partial charge is 0.354 e. The van der Waals surface area contributed by atoms with E-state index in [1.807, 2.05) is 25.5 Å². The van der Waals surface area contributed by atoms with Crippen molar-refractivity contribution in [1.82, 2.24) is 29.9 Å². The van der Waals surface area contributed by atoms with Gasteiger partial charge in [0.2, 0.25) is 5.95 Å². The van der Waals surface area contributed by atoms with E-state index in [-0.39, 0.29) is 0 Å². The highest BCUT2D eigenvalue weighted by Crippen LogP contribution is 2.19. The molecule has 8 nitrogen and oxygen atoms in total. The van der Waals surface area contributed by atoms with Gasteiger partial charge in [0.1, 0.15) is 5.82 Å². The summed E-state index contributed by atoms with van der Waals surface area (Å²) >= 11 is 0. The van der Waals surface area contributed by atoms with Crippen LogP contribution in [0.4, 0.5) is 11.8 Å². The van der Waals surface area contributed by atoms with Crippen LogP contribution in [-0.2, 0) is 13.5 Å². The maximum Gasteiger partial charge on any atom is 0.227 e. The minimum atomic E-state index is 0.896. The molecule has 0 spiro atoms. The Bertz CT molecular complexity index is 701. The molecule has 0 saturated carbocycles. The second-order valence-electron chi connectivity index (χ2n) is 7.22. The van der Waals surface area contributed by atoms with E-state index in [4.69, 9.17) is 4.98 Å². The average Bonchev–Trinajstić information content (AvgIpc) is 3.13. The van der Waals surface area contributed by atoms with Gasteiger partial charge in [0.15, 0.2) is 0 Å². The molecule has 2 aliphatic heterocycles. The summed E-state index contributed by atoms with van der Waals surface area (Å²) < 4.78 is 1.77. The molecule has 0 atom stereocenters. The van der Waals surface area contributed by atoms with Crippen LogP contribution in [0.3, 0.4) is 0 Å². The Labute approximate surface area is 154 Å². The zero-order valence-electron chi connectivity index (χ0n) is 15.6. The molecule has 0 N–H and O–H groups in total. The molecular formula is C18H28N8. The van der Waals surface area contributed by atoms with Crippen LogP contribution in [0.25, 0.3) is 0 Å². The van der Waals surface area contributed by atoms with E-state index in [9.17, 15) is 0 Å². The lowest BCUT2D eigenvalue weighted by Crippen LogP contribution is -2.47. The lowest BCUT2D eigenvalue weighted by atomic mass is 10.1. The minimum Gasteiger partial charge on any atom is -0.354 e. The molecule has 0 radical (unpaired) electrons. The first kappa shape index (κ1) is 17.2. The van der Waals surface area contributed by atoms with Gasteiger partial charge in [0.25, 0.3) is 0 Å². The maximum absolute atomic E-state index is 4.84. The highest BCUT2D eigenvalue weighted by molar-refractivity contribution is 5.44. The van der Waals surface area contributed by atoms with Gasteiger partial charge >= 0.3 is 0 Å². The smallest absolute Gasteiger partial charge is 0.227 e. The van der Waals surface area contributed by atoms with E-state index in [0.717, 1.165) is 69.7 Å². The Morgan fingerprint density at radius 3 is 2.50 bits per heavy atom. The van der Waals surface area contributed by atoms with Gasteiger partial charge in [0.05, 0.1) is 5.69 Å². The SMILES string of the molecule is Cn1cc(CCN2CCN(c3ccnc(N4CCCCC4)n3)CC2)nn1. The summed E-state index contributed by atoms with van der Waals surface area (Å²) in [7, 11) is 1.91. The van der Waals surface area contributed by atoms with Crippen molar-refractivity contribution in [3.8, 4) is 0 Å². The molecule has 4 rings (SSSR count). The summed E-state index contributed by atoms with van der Waals surface area (Å²) in [6.07, 6.45) is 8.69. The Balaban J connectivity index is 1.30. The van der Waals surface area contributed by atoms with E-state index in [0.29, 0.717) is 0 Å². The normalized spacial score (nSPS) is 19.1. The Morgan fingerprint density at radius 2 is 1.77 bits per heavy atom. The molecule has 140 valence electrons. The van der Waals surface area contributed by atoms with Crippen LogP contribution in [-0.4, -0.2) is 75.7 Å². The van der Waals surface area contributed by atoms with Gasteiger partial charge < -0.3 is 9.80 Å². The molecule has 0 aromatic carbocycles. The van der Waals surface area contributed by atoms with Crippen molar-refractivity contribution in [1.29, 1.82) is 0 Å². The fourth-order valence-electron chi connectivity index (χ4n) is 3.74. The lowest BCUT2D eigenvalue weighted by Gasteiger charge is -2.35. The van der Waals surface area contributed by atoms with Gasteiger partial charge in [-0.2, -0.15) is 4.98 Å². The zero-order valence-corrected chi connectivity index (χ0v) is 15.6. The number of piperazine rings is 1. The van der Waals surface area contributed by atoms with Crippen LogP contribution < -0.4 is 9.80 Å². The van der Waals surface area contributed by atoms with Crippen molar-refractivity contribution >= 4 is 11.8 Å². The fraction of sp³-hybridized carbons (Fsp3) is 0.667. The van der Waals surface area contributed by atoms with Crippen molar-refractivity contribution in [3.63, 3.8) is 0 Å². The monoisotopic (exact) mass is 356 g/mol. The molecule has 8 heteroatoms. The molecule has 2 fully saturated rings. The van der Waals surface area contributed by atoms with Crippen LogP contribution in [0.15, 0.2) is 18.5 Å². The molecule has 2 aromatic heterocycles. The summed E-state index contributed by atoms with van der Waals surface area (Å²) in [4.78, 5) is 16.5. The van der Waals surface area contributed by atoms with Gasteiger partial charge in [0, 0.05) is 71.7 Å². The quantitative estimate of drug-likeness (QED) is 0.790. The first-order valence-electron chi connectivity index (χ1n) is 9.68. The molecule has 2 saturated heterocycles. The van der Waals surface area contributed by atoms with Crippen LogP contribution in [0.1, 0.15) is 25.0 Å². The molecule has 2 aromatic rings. The van der Waals surface area contributed by atoms with E-state index >= 15 is 0 Å². The molecule has 0 bridgehead atoms. The molecule has 0 unspecified atom stereocenters. The number of rotatable bonds is 5. The highest BCUT2D eigenvalue weighted by Gasteiger charge is 2.20. The number of hydrogen-bond acceptors (Lipinski definition) is 7. The second kappa shape index (κ2) is 7.99. The van der Waals surface area contributed by atoms with Crippen LogP contribution >= 0.6 is 0 Å². The van der Waals surface area contributed by atoms with Crippen LogP contribution in [0.2, 0.25) is 0 Å². The third kappa shape index (κ3) is 4.12. The van der Waals surface area contributed by atoms with Crippen molar-refractivity contribution in [2.45, 2.75) is 25.7 Å². The molecule has 0 aliphatic carbocycles. The first-order valence-corrected chi connectivity index (χ1v) is 9.68. The standard InChI is InChI=1S/C18H28N8/c1-23-15-16(21-22-23)6-10-24-11-13-25(14-12-24)17-5-7-19-18(20-17)26-8-3-2-4-9-26/h5,7,15H,2-4,6,8-14H2,1H3. The maximum atomic E-state index is 4.84. The van der Waals surface area contributed by atoms with Crippen molar-refractivity contribution < 1.29 is 0 Å². The molecule has 4 heterocycles. The molecular weight excluding hydrogens is 328 g/mol. The third-order valence-electron chi connectivity index (χ3n) is 5.30. The second-order valence-corrected chi connectivity index (χ2v) is 7.22. The van der Waals surface area contributed by atoms with Crippen LogP contribution in [0.5, 0.6) is 0 Å². The topological polar surface area (TPSA) is 66.2 Å². The van der Waals surface area contributed by atoms with Crippen LogP contribution in [0, 0.1) is 0 Å². The van der Waals surface area contributed by atoms with E-state index in [2.05, 4.69) is 30.0 Å². The van der Waals surface area contributed by atoms with Crippen molar-refractivity contribution in [3.05, 3.63) is 24.2 Å². The minimum absolute atomic E-state index is 0.896. The molecule has 2 aliphatic rings. The van der Waals surface area contributed by atoms with Gasteiger partial charge in [-0.1, -0.05) is 5.21 Å². The Hall–Kier alpha value is -2.22. The third-order valence-corrected chi connectivity index (χ3v) is 5.30. The summed E-state index contributed by atoms with van der Waals surface area (Å²) in [5.41, 5.74) is 1.07. The number of piperidine rings is 1. The Morgan fingerprint density at radius 1 is 0.962 bits per heavy atom. The average molecular weight is 356 g/mol. The number of nitrogens with zero attached hydrogens (tertiary/aromatic N) is 8. The van der Waals surface area contributed by atoms with Crippen molar-refractivity contribution in [2.24, 2.45) is 7.05 Å². The predicted molar refractivity (Wildman–Crippen MR) is 101 cm³/mol. The number of aromatic nitrogens is 5. The first-order chi connectivity index (χ1) is 12.8. The number of anilines is 2. The molecule has 0 amide bonds. The van der Waals surface area contributed by atoms with Crippen molar-refractivity contribution in [2.75, 3.05) is 55.6 Å².